The number of ether oxygens (including phenoxy) is 1. The molecule has 0 aliphatic heterocycles. The highest BCUT2D eigenvalue weighted by Gasteiger charge is 2.01. The molecule has 1 rings (SSSR count). The number of aromatic nitrogens is 2. The van der Waals surface area contributed by atoms with E-state index in [1.54, 1.807) is 12.3 Å². The largest absolute Gasteiger partial charge is 0.464 e. The minimum Gasteiger partial charge on any atom is -0.464 e. The first-order valence-corrected chi connectivity index (χ1v) is 4.16. The SMILES string of the molecule is CCOc1nccc(CC(C)=O)n1. The van der Waals surface area contributed by atoms with Gasteiger partial charge in [0.2, 0.25) is 0 Å². The van der Waals surface area contributed by atoms with Crippen LogP contribution in [-0.4, -0.2) is 22.4 Å². The fourth-order valence-corrected chi connectivity index (χ4v) is 0.928. The van der Waals surface area contributed by atoms with Crippen LogP contribution in [0.2, 0.25) is 0 Å². The number of rotatable bonds is 4. The monoisotopic (exact) mass is 180 g/mol. The molecule has 0 atom stereocenters. The van der Waals surface area contributed by atoms with Gasteiger partial charge in [-0.05, 0) is 19.9 Å². The minimum atomic E-state index is 0.0844. The molecule has 0 fully saturated rings. The molecule has 0 radical (unpaired) electrons. The van der Waals surface area contributed by atoms with E-state index in [1.165, 1.54) is 6.92 Å². The Balaban J connectivity index is 2.73. The molecule has 0 aliphatic rings. The Labute approximate surface area is 77.0 Å². The number of carbonyl (C=O) groups is 1. The van der Waals surface area contributed by atoms with E-state index in [1.807, 2.05) is 6.92 Å². The predicted octanol–water partition coefficient (Wildman–Crippen LogP) is 1.01. The van der Waals surface area contributed by atoms with Gasteiger partial charge in [0.1, 0.15) is 5.78 Å². The van der Waals surface area contributed by atoms with Crippen molar-refractivity contribution in [2.45, 2.75) is 20.3 Å². The van der Waals surface area contributed by atoms with Crippen LogP contribution in [-0.2, 0) is 11.2 Å². The average molecular weight is 180 g/mol. The van der Waals surface area contributed by atoms with Gasteiger partial charge in [-0.2, -0.15) is 4.98 Å². The second-order valence-corrected chi connectivity index (χ2v) is 2.64. The molecule has 0 saturated carbocycles. The lowest BCUT2D eigenvalue weighted by atomic mass is 10.2. The topological polar surface area (TPSA) is 52.1 Å². The van der Waals surface area contributed by atoms with Crippen molar-refractivity contribution in [2.75, 3.05) is 6.61 Å². The lowest BCUT2D eigenvalue weighted by Crippen LogP contribution is -2.03. The lowest BCUT2D eigenvalue weighted by Gasteiger charge is -2.01. The fourth-order valence-electron chi connectivity index (χ4n) is 0.928. The second-order valence-electron chi connectivity index (χ2n) is 2.64. The van der Waals surface area contributed by atoms with Crippen molar-refractivity contribution in [3.05, 3.63) is 18.0 Å². The van der Waals surface area contributed by atoms with Crippen molar-refractivity contribution < 1.29 is 9.53 Å². The summed E-state index contributed by atoms with van der Waals surface area (Å²) in [4.78, 5) is 18.7. The van der Waals surface area contributed by atoms with Crippen molar-refractivity contribution in [3.8, 4) is 6.01 Å². The van der Waals surface area contributed by atoms with Gasteiger partial charge in [0.05, 0.1) is 12.3 Å². The molecule has 0 unspecified atom stereocenters. The summed E-state index contributed by atoms with van der Waals surface area (Å²) in [5.41, 5.74) is 0.700. The van der Waals surface area contributed by atoms with Crippen LogP contribution in [0.5, 0.6) is 6.01 Å². The van der Waals surface area contributed by atoms with E-state index in [0.29, 0.717) is 24.7 Å². The molecule has 70 valence electrons. The molecule has 1 aromatic rings. The number of hydrogen-bond donors (Lipinski definition) is 0. The number of ketones is 1. The van der Waals surface area contributed by atoms with Crippen molar-refractivity contribution in [3.63, 3.8) is 0 Å². The summed E-state index contributed by atoms with van der Waals surface area (Å²) >= 11 is 0. The molecule has 4 nitrogen and oxygen atoms in total. The maximum absolute atomic E-state index is 10.8. The molecule has 0 aliphatic carbocycles. The van der Waals surface area contributed by atoms with Gasteiger partial charge in [-0.1, -0.05) is 0 Å². The summed E-state index contributed by atoms with van der Waals surface area (Å²) < 4.78 is 5.09. The first-order valence-electron chi connectivity index (χ1n) is 4.16. The third-order valence-corrected chi connectivity index (χ3v) is 1.39. The fraction of sp³-hybridized carbons (Fsp3) is 0.444. The van der Waals surface area contributed by atoms with Crippen LogP contribution in [0.15, 0.2) is 12.3 Å². The molecule has 0 bridgehead atoms. The number of Topliss-reactive ketones (excluding diaryl/α,β-unsaturated/α-hetero) is 1. The van der Waals surface area contributed by atoms with Gasteiger partial charge in [0, 0.05) is 12.6 Å². The Hall–Kier alpha value is -1.45. The van der Waals surface area contributed by atoms with Gasteiger partial charge in [-0.25, -0.2) is 4.98 Å². The summed E-state index contributed by atoms with van der Waals surface area (Å²) in [6.45, 7) is 3.92. The normalized spacial score (nSPS) is 9.69. The third-order valence-electron chi connectivity index (χ3n) is 1.39. The zero-order valence-electron chi connectivity index (χ0n) is 7.78. The molecule has 13 heavy (non-hydrogen) atoms. The first kappa shape index (κ1) is 9.64. The molecule has 0 aromatic carbocycles. The van der Waals surface area contributed by atoms with Crippen LogP contribution in [0.1, 0.15) is 19.5 Å². The van der Waals surface area contributed by atoms with E-state index in [0.717, 1.165) is 0 Å². The summed E-state index contributed by atoms with van der Waals surface area (Å²) in [6, 6.07) is 2.05. The number of nitrogens with zero attached hydrogens (tertiary/aromatic N) is 2. The van der Waals surface area contributed by atoms with Crippen LogP contribution >= 0.6 is 0 Å². The van der Waals surface area contributed by atoms with Crippen molar-refractivity contribution in [2.24, 2.45) is 0 Å². The zero-order valence-corrected chi connectivity index (χ0v) is 7.78. The Morgan fingerprint density at radius 1 is 1.62 bits per heavy atom. The van der Waals surface area contributed by atoms with Crippen molar-refractivity contribution >= 4 is 5.78 Å². The van der Waals surface area contributed by atoms with Gasteiger partial charge in [0.25, 0.3) is 0 Å². The van der Waals surface area contributed by atoms with Crippen LogP contribution in [0.3, 0.4) is 0 Å². The maximum atomic E-state index is 10.8. The van der Waals surface area contributed by atoms with Crippen LogP contribution < -0.4 is 4.74 Å². The summed E-state index contributed by atoms with van der Waals surface area (Å²) in [7, 11) is 0. The lowest BCUT2D eigenvalue weighted by molar-refractivity contribution is -0.116. The van der Waals surface area contributed by atoms with E-state index < -0.39 is 0 Å². The van der Waals surface area contributed by atoms with E-state index >= 15 is 0 Å². The van der Waals surface area contributed by atoms with E-state index in [4.69, 9.17) is 4.74 Å². The molecular formula is C9H12N2O2. The molecular weight excluding hydrogens is 168 g/mol. The number of hydrogen-bond acceptors (Lipinski definition) is 4. The van der Waals surface area contributed by atoms with E-state index in [9.17, 15) is 4.79 Å². The first-order chi connectivity index (χ1) is 6.22. The smallest absolute Gasteiger partial charge is 0.316 e. The quantitative estimate of drug-likeness (QED) is 0.693. The molecule has 0 amide bonds. The molecule has 1 heterocycles. The Bertz CT molecular complexity index is 299. The second kappa shape index (κ2) is 4.54. The van der Waals surface area contributed by atoms with Gasteiger partial charge < -0.3 is 4.74 Å². The van der Waals surface area contributed by atoms with Crippen LogP contribution in [0.4, 0.5) is 0 Å². The molecule has 1 aromatic heterocycles. The highest BCUT2D eigenvalue weighted by molar-refractivity contribution is 5.77. The zero-order chi connectivity index (χ0) is 9.68. The van der Waals surface area contributed by atoms with Crippen LogP contribution in [0, 0.1) is 0 Å². The van der Waals surface area contributed by atoms with E-state index in [-0.39, 0.29) is 5.78 Å². The minimum absolute atomic E-state index is 0.0844. The Kier molecular flexibility index (Phi) is 3.37. The third kappa shape index (κ3) is 3.19. The molecule has 0 spiro atoms. The summed E-state index contributed by atoms with van der Waals surface area (Å²) in [5, 5.41) is 0. The predicted molar refractivity (Wildman–Crippen MR) is 47.6 cm³/mol. The Morgan fingerprint density at radius 3 is 3.00 bits per heavy atom. The van der Waals surface area contributed by atoms with Gasteiger partial charge >= 0.3 is 6.01 Å². The van der Waals surface area contributed by atoms with Gasteiger partial charge in [-0.3, -0.25) is 4.79 Å². The maximum Gasteiger partial charge on any atom is 0.316 e. The van der Waals surface area contributed by atoms with Crippen LogP contribution in [0.25, 0.3) is 0 Å². The summed E-state index contributed by atoms with van der Waals surface area (Å²) in [5.74, 6) is 0.0844. The highest BCUT2D eigenvalue weighted by Crippen LogP contribution is 2.03. The van der Waals surface area contributed by atoms with Gasteiger partial charge in [-0.15, -0.1) is 0 Å². The Morgan fingerprint density at radius 2 is 2.38 bits per heavy atom. The molecule has 0 saturated heterocycles. The van der Waals surface area contributed by atoms with Crippen molar-refractivity contribution in [1.82, 2.24) is 9.97 Å². The molecule has 0 N–H and O–H groups in total. The summed E-state index contributed by atoms with van der Waals surface area (Å²) in [6.07, 6.45) is 1.93. The van der Waals surface area contributed by atoms with Crippen molar-refractivity contribution in [1.29, 1.82) is 0 Å². The standard InChI is InChI=1S/C9H12N2O2/c1-3-13-9-10-5-4-8(11-9)6-7(2)12/h4-5H,3,6H2,1-2H3. The molecule has 4 heteroatoms. The number of carbonyl (C=O) groups excluding carboxylic acids is 1. The van der Waals surface area contributed by atoms with Gasteiger partial charge in [0.15, 0.2) is 0 Å². The average Bonchev–Trinajstić information content (AvgIpc) is 2.04. The highest BCUT2D eigenvalue weighted by atomic mass is 16.5. The van der Waals surface area contributed by atoms with E-state index in [2.05, 4.69) is 9.97 Å².